The third-order valence-corrected chi connectivity index (χ3v) is 9.37. The van der Waals surface area contributed by atoms with Crippen LogP contribution in [0.1, 0.15) is 97.1 Å². The van der Waals surface area contributed by atoms with Crippen LogP contribution in [0.2, 0.25) is 0 Å². The van der Waals surface area contributed by atoms with Gasteiger partial charge in [-0.05, 0) is 99.9 Å². The second kappa shape index (κ2) is 14.3. The van der Waals surface area contributed by atoms with Gasteiger partial charge in [-0.1, -0.05) is 55.7 Å². The molecule has 2 heterocycles. The second-order valence-corrected chi connectivity index (χ2v) is 12.8. The molecule has 1 unspecified atom stereocenters. The van der Waals surface area contributed by atoms with Crippen molar-refractivity contribution in [3.63, 3.8) is 0 Å². The summed E-state index contributed by atoms with van der Waals surface area (Å²) >= 11 is 0. The fourth-order valence-electron chi connectivity index (χ4n) is 6.66. The SMILES string of the molecule is CC/C(C)=C/c1c(NC2CCCC2)cc(-c2ccc(CN3CCCC3C(N)=O)cc2)cc1C(=O)NCc1c(C)cc(C)[nH]c1=O. The molecule has 1 aliphatic heterocycles. The molecule has 1 atom stereocenters. The molecule has 2 fully saturated rings. The third-order valence-electron chi connectivity index (χ3n) is 9.37. The lowest BCUT2D eigenvalue weighted by Crippen LogP contribution is -2.39. The predicted molar refractivity (Wildman–Crippen MR) is 182 cm³/mol. The molecule has 1 aliphatic carbocycles. The van der Waals surface area contributed by atoms with Crippen LogP contribution in [0.3, 0.4) is 0 Å². The summed E-state index contributed by atoms with van der Waals surface area (Å²) in [5, 5.41) is 6.84. The van der Waals surface area contributed by atoms with Crippen LogP contribution in [0.25, 0.3) is 17.2 Å². The topological polar surface area (TPSA) is 120 Å². The third kappa shape index (κ3) is 7.74. The van der Waals surface area contributed by atoms with Crippen molar-refractivity contribution in [2.75, 3.05) is 11.9 Å². The summed E-state index contributed by atoms with van der Waals surface area (Å²) in [5.74, 6) is -0.476. The van der Waals surface area contributed by atoms with Crippen LogP contribution >= 0.6 is 0 Å². The number of allylic oxidation sites excluding steroid dienone is 1. The standard InChI is InChI=1S/C37H47N5O3/c1-5-23(2)17-30-31(36(44)39-21-32-24(3)18-25(4)40-37(32)45)19-28(20-33(30)41-29-9-6-7-10-29)27-14-12-26(13-15-27)22-42-16-8-11-34(42)35(38)43/h12-15,17-20,29,34,41H,5-11,16,21-22H2,1-4H3,(H2,38,43)(H,39,44)(H,40,45)/b23-17+. The molecular weight excluding hydrogens is 562 g/mol. The van der Waals surface area contributed by atoms with Crippen molar-refractivity contribution >= 4 is 23.6 Å². The highest BCUT2D eigenvalue weighted by molar-refractivity contribution is 6.02. The Hall–Kier alpha value is -4.17. The van der Waals surface area contributed by atoms with Crippen LogP contribution in [0.15, 0.2) is 52.8 Å². The van der Waals surface area contributed by atoms with Gasteiger partial charge >= 0.3 is 0 Å². The van der Waals surface area contributed by atoms with Crippen molar-refractivity contribution in [1.82, 2.24) is 15.2 Å². The maximum Gasteiger partial charge on any atom is 0.253 e. The number of pyridine rings is 1. The number of anilines is 1. The summed E-state index contributed by atoms with van der Waals surface area (Å²) in [6.07, 6.45) is 9.39. The van der Waals surface area contributed by atoms with Crippen LogP contribution in [-0.4, -0.2) is 40.3 Å². The van der Waals surface area contributed by atoms with Crippen LogP contribution in [-0.2, 0) is 17.9 Å². The lowest BCUT2D eigenvalue weighted by molar-refractivity contribution is -0.122. The quantitative estimate of drug-likeness (QED) is 0.206. The van der Waals surface area contributed by atoms with Crippen molar-refractivity contribution < 1.29 is 9.59 Å². The van der Waals surface area contributed by atoms with Crippen LogP contribution in [0.4, 0.5) is 5.69 Å². The summed E-state index contributed by atoms with van der Waals surface area (Å²) in [6, 6.07) is 14.6. The fraction of sp³-hybridized carbons (Fsp3) is 0.432. The fourth-order valence-corrected chi connectivity index (χ4v) is 6.66. The van der Waals surface area contributed by atoms with Crippen molar-refractivity contribution in [1.29, 1.82) is 0 Å². The number of amides is 2. The van der Waals surface area contributed by atoms with E-state index in [-0.39, 0.29) is 30.0 Å². The normalized spacial score (nSPS) is 17.5. The van der Waals surface area contributed by atoms with Gasteiger partial charge in [0, 0.05) is 47.2 Å². The molecule has 8 nitrogen and oxygen atoms in total. The largest absolute Gasteiger partial charge is 0.382 e. The number of hydrogen-bond acceptors (Lipinski definition) is 5. The first-order chi connectivity index (χ1) is 21.6. The highest BCUT2D eigenvalue weighted by Crippen LogP contribution is 2.34. The minimum absolute atomic E-state index is 0.142. The maximum atomic E-state index is 14.0. The molecule has 45 heavy (non-hydrogen) atoms. The molecule has 1 saturated carbocycles. The van der Waals surface area contributed by atoms with Gasteiger partial charge in [-0.25, -0.2) is 0 Å². The zero-order chi connectivity index (χ0) is 32.1. The lowest BCUT2D eigenvalue weighted by atomic mass is 9.94. The molecule has 0 radical (unpaired) electrons. The Morgan fingerprint density at radius 2 is 1.76 bits per heavy atom. The predicted octanol–water partition coefficient (Wildman–Crippen LogP) is 6.21. The Bertz CT molecular complexity index is 1630. The van der Waals surface area contributed by atoms with Crippen molar-refractivity contribution in [3.05, 3.63) is 91.9 Å². The van der Waals surface area contributed by atoms with Gasteiger partial charge in [-0.15, -0.1) is 0 Å². The highest BCUT2D eigenvalue weighted by atomic mass is 16.2. The van der Waals surface area contributed by atoms with E-state index in [2.05, 4.69) is 70.8 Å². The van der Waals surface area contributed by atoms with Crippen molar-refractivity contribution in [2.24, 2.45) is 5.73 Å². The molecule has 2 aliphatic rings. The molecule has 3 aromatic rings. The number of nitrogens with zero attached hydrogens (tertiary/aromatic N) is 1. The number of primary amides is 1. The Kier molecular flexibility index (Phi) is 10.2. The Labute approximate surface area is 266 Å². The first-order valence-corrected chi connectivity index (χ1v) is 16.3. The molecular formula is C37H47N5O3. The smallest absolute Gasteiger partial charge is 0.253 e. The summed E-state index contributed by atoms with van der Waals surface area (Å²) in [4.78, 5) is 43.6. The molecule has 1 saturated heterocycles. The zero-order valence-corrected chi connectivity index (χ0v) is 27.1. The first kappa shape index (κ1) is 32.2. The van der Waals surface area contributed by atoms with Crippen molar-refractivity contribution in [3.8, 4) is 11.1 Å². The number of nitrogens with one attached hydrogen (secondary N) is 3. The van der Waals surface area contributed by atoms with E-state index in [9.17, 15) is 14.4 Å². The number of benzene rings is 2. The molecule has 5 N–H and O–H groups in total. The van der Waals surface area contributed by atoms with Gasteiger partial charge in [0.2, 0.25) is 5.91 Å². The van der Waals surface area contributed by atoms with Gasteiger partial charge in [0.05, 0.1) is 6.04 Å². The lowest BCUT2D eigenvalue weighted by Gasteiger charge is -2.22. The highest BCUT2D eigenvalue weighted by Gasteiger charge is 2.29. The minimum atomic E-state index is -0.258. The molecule has 1 aromatic heterocycles. The van der Waals surface area contributed by atoms with Gasteiger partial charge in [0.1, 0.15) is 0 Å². The van der Waals surface area contributed by atoms with E-state index < -0.39 is 0 Å². The van der Waals surface area contributed by atoms with E-state index in [4.69, 9.17) is 5.73 Å². The maximum absolute atomic E-state index is 14.0. The summed E-state index contributed by atoms with van der Waals surface area (Å²) in [6.45, 7) is 9.64. The second-order valence-electron chi connectivity index (χ2n) is 12.8. The number of carbonyl (C=O) groups is 2. The number of aromatic nitrogens is 1. The molecule has 5 rings (SSSR count). The number of aromatic amines is 1. The van der Waals surface area contributed by atoms with Crippen LogP contribution < -0.4 is 21.9 Å². The monoisotopic (exact) mass is 609 g/mol. The van der Waals surface area contributed by atoms with E-state index in [0.29, 0.717) is 23.7 Å². The van der Waals surface area contributed by atoms with E-state index in [0.717, 1.165) is 77.8 Å². The number of nitrogens with two attached hydrogens (primary N) is 1. The van der Waals surface area contributed by atoms with Gasteiger partial charge in [-0.3, -0.25) is 19.3 Å². The van der Waals surface area contributed by atoms with Gasteiger partial charge in [0.25, 0.3) is 11.5 Å². The average Bonchev–Trinajstić information content (AvgIpc) is 3.70. The van der Waals surface area contributed by atoms with Crippen molar-refractivity contribution in [2.45, 2.75) is 97.8 Å². The number of hydrogen-bond donors (Lipinski definition) is 4. The Balaban J connectivity index is 1.50. The van der Waals surface area contributed by atoms with Crippen LogP contribution in [0, 0.1) is 13.8 Å². The number of carbonyl (C=O) groups excluding carboxylic acids is 2. The summed E-state index contributed by atoms with van der Waals surface area (Å²) in [7, 11) is 0. The number of rotatable bonds is 11. The van der Waals surface area contributed by atoms with Gasteiger partial charge in [-0.2, -0.15) is 0 Å². The Morgan fingerprint density at radius 3 is 2.42 bits per heavy atom. The average molecular weight is 610 g/mol. The summed E-state index contributed by atoms with van der Waals surface area (Å²) < 4.78 is 0. The number of H-pyrrole nitrogens is 1. The van der Waals surface area contributed by atoms with E-state index >= 15 is 0 Å². The van der Waals surface area contributed by atoms with E-state index in [1.807, 2.05) is 26.0 Å². The number of aryl methyl sites for hydroxylation is 2. The first-order valence-electron chi connectivity index (χ1n) is 16.3. The van der Waals surface area contributed by atoms with E-state index in [1.165, 1.54) is 18.4 Å². The molecule has 2 aromatic carbocycles. The Morgan fingerprint density at radius 1 is 1.02 bits per heavy atom. The number of likely N-dealkylation sites (tertiary alicyclic amines) is 1. The molecule has 8 heteroatoms. The van der Waals surface area contributed by atoms with Gasteiger partial charge < -0.3 is 21.4 Å². The minimum Gasteiger partial charge on any atom is -0.382 e. The molecule has 2 amide bonds. The van der Waals surface area contributed by atoms with Gasteiger partial charge in [0.15, 0.2) is 0 Å². The molecule has 238 valence electrons. The molecule has 0 bridgehead atoms. The van der Waals surface area contributed by atoms with E-state index in [1.54, 1.807) is 0 Å². The zero-order valence-electron chi connectivity index (χ0n) is 27.1. The summed E-state index contributed by atoms with van der Waals surface area (Å²) in [5.41, 5.74) is 14.3. The van der Waals surface area contributed by atoms with Crippen LogP contribution in [0.5, 0.6) is 0 Å². The molecule has 0 spiro atoms.